The molecule has 0 aromatic heterocycles. The van der Waals surface area contributed by atoms with Crippen molar-refractivity contribution in [2.45, 2.75) is 12.2 Å². The lowest BCUT2D eigenvalue weighted by molar-refractivity contribution is -0.384. The second-order valence-electron chi connectivity index (χ2n) is 6.78. The van der Waals surface area contributed by atoms with Gasteiger partial charge in [-0.1, -0.05) is 24.3 Å². The van der Waals surface area contributed by atoms with Crippen molar-refractivity contribution in [1.29, 1.82) is 0 Å². The van der Waals surface area contributed by atoms with Gasteiger partial charge >= 0.3 is 0 Å². The van der Waals surface area contributed by atoms with E-state index in [1.165, 1.54) is 6.07 Å². The Morgan fingerprint density at radius 2 is 1.54 bits per heavy atom. The minimum absolute atomic E-state index is 0.0651. The molecule has 1 fully saturated rings. The fourth-order valence-corrected chi connectivity index (χ4v) is 3.93. The molecule has 1 aliphatic heterocycles. The number of para-hydroxylation sites is 1. The number of nitrogens with zero attached hydrogens (tertiary/aromatic N) is 1. The molecule has 3 aromatic carbocycles. The van der Waals surface area contributed by atoms with Crippen LogP contribution in [-0.4, -0.2) is 24.4 Å². The third kappa shape index (κ3) is 2.83. The second-order valence-corrected chi connectivity index (χ2v) is 6.78. The van der Waals surface area contributed by atoms with Gasteiger partial charge in [0.15, 0.2) is 6.29 Å². The molecule has 1 heterocycles. The number of hydrogen-bond acceptors (Lipinski definition) is 5. The number of rotatable bonds is 4. The molecule has 3 aromatic rings. The van der Waals surface area contributed by atoms with Crippen molar-refractivity contribution >= 4 is 5.69 Å². The van der Waals surface area contributed by atoms with Crippen molar-refractivity contribution < 1.29 is 19.1 Å². The third-order valence-electron chi connectivity index (χ3n) is 5.13. The zero-order valence-corrected chi connectivity index (χ0v) is 14.9. The molecule has 6 nitrogen and oxygen atoms in total. The Labute approximate surface area is 161 Å². The highest BCUT2D eigenvalue weighted by atomic mass is 16.7. The molecule has 5 rings (SSSR count). The Morgan fingerprint density at radius 1 is 0.857 bits per heavy atom. The van der Waals surface area contributed by atoms with Gasteiger partial charge in [0.25, 0.3) is 5.69 Å². The first-order valence-electron chi connectivity index (χ1n) is 9.09. The smallest absolute Gasteiger partial charge is 0.269 e. The zero-order chi connectivity index (χ0) is 19.1. The molecule has 0 radical (unpaired) electrons. The summed E-state index contributed by atoms with van der Waals surface area (Å²) in [4.78, 5) is 10.9. The van der Waals surface area contributed by atoms with Gasteiger partial charge < -0.3 is 14.2 Å². The van der Waals surface area contributed by atoms with E-state index in [4.69, 9.17) is 14.2 Å². The fourth-order valence-electron chi connectivity index (χ4n) is 3.93. The van der Waals surface area contributed by atoms with Crippen LogP contribution in [0, 0.1) is 10.1 Å². The highest BCUT2D eigenvalue weighted by Crippen LogP contribution is 2.50. The summed E-state index contributed by atoms with van der Waals surface area (Å²) in [6.07, 6.45) is -0.464. The van der Waals surface area contributed by atoms with E-state index in [1.54, 1.807) is 12.1 Å². The summed E-state index contributed by atoms with van der Waals surface area (Å²) in [6.45, 7) is 1.03. The van der Waals surface area contributed by atoms with E-state index in [2.05, 4.69) is 0 Å². The molecule has 1 unspecified atom stereocenters. The Bertz CT molecular complexity index is 1040. The summed E-state index contributed by atoms with van der Waals surface area (Å²) < 4.78 is 17.5. The van der Waals surface area contributed by atoms with Crippen molar-refractivity contribution in [2.24, 2.45) is 0 Å². The van der Waals surface area contributed by atoms with E-state index < -0.39 is 6.29 Å². The van der Waals surface area contributed by atoms with Crippen LogP contribution in [0.4, 0.5) is 5.69 Å². The number of ether oxygens (including phenoxy) is 3. The van der Waals surface area contributed by atoms with Crippen LogP contribution in [0.5, 0.6) is 11.5 Å². The minimum atomic E-state index is -0.464. The van der Waals surface area contributed by atoms with Crippen molar-refractivity contribution in [3.63, 3.8) is 0 Å². The molecule has 1 atom stereocenters. The largest absolute Gasteiger partial charge is 0.457 e. The summed E-state index contributed by atoms with van der Waals surface area (Å²) in [5.41, 5.74) is 3.91. The van der Waals surface area contributed by atoms with Gasteiger partial charge in [0.2, 0.25) is 0 Å². The van der Waals surface area contributed by atoms with Crippen LogP contribution in [0.3, 0.4) is 0 Å². The molecule has 0 spiro atoms. The molecule has 0 bridgehead atoms. The third-order valence-corrected chi connectivity index (χ3v) is 5.13. The summed E-state index contributed by atoms with van der Waals surface area (Å²) >= 11 is 0. The topological polar surface area (TPSA) is 70.8 Å². The fraction of sp³-hybridized carbons (Fsp3) is 0.182. The summed E-state index contributed by atoms with van der Waals surface area (Å²) in [6, 6.07) is 20.4. The molecule has 1 aliphatic carbocycles. The molecular weight excluding hydrogens is 358 g/mol. The zero-order valence-electron chi connectivity index (χ0n) is 14.9. The van der Waals surface area contributed by atoms with Gasteiger partial charge in [-0.05, 0) is 52.6 Å². The first-order chi connectivity index (χ1) is 13.7. The van der Waals surface area contributed by atoms with Crippen LogP contribution in [0.15, 0.2) is 66.7 Å². The number of fused-ring (bicyclic) bond motifs is 3. The molecule has 140 valence electrons. The van der Waals surface area contributed by atoms with E-state index in [0.29, 0.717) is 19.0 Å². The average Bonchev–Trinajstić information content (AvgIpc) is 3.33. The summed E-state index contributed by atoms with van der Waals surface area (Å²) in [7, 11) is 0. The van der Waals surface area contributed by atoms with Crippen LogP contribution in [0.2, 0.25) is 0 Å². The van der Waals surface area contributed by atoms with Crippen LogP contribution >= 0.6 is 0 Å². The predicted molar refractivity (Wildman–Crippen MR) is 103 cm³/mol. The van der Waals surface area contributed by atoms with Crippen molar-refractivity contribution in [3.05, 3.63) is 88.0 Å². The Hall–Kier alpha value is -3.22. The van der Waals surface area contributed by atoms with E-state index in [9.17, 15) is 10.1 Å². The van der Waals surface area contributed by atoms with Crippen LogP contribution in [-0.2, 0) is 9.47 Å². The predicted octanol–water partition coefficient (Wildman–Crippen LogP) is 4.87. The molecule has 0 saturated carbocycles. The quantitative estimate of drug-likeness (QED) is 0.480. The maximum atomic E-state index is 11.3. The van der Waals surface area contributed by atoms with Crippen LogP contribution in [0.1, 0.15) is 17.0 Å². The Kier molecular flexibility index (Phi) is 4.07. The number of nitro benzene ring substituents is 1. The van der Waals surface area contributed by atoms with Gasteiger partial charge in [-0.3, -0.25) is 10.1 Å². The van der Waals surface area contributed by atoms with Crippen molar-refractivity contribution in [1.82, 2.24) is 0 Å². The van der Waals surface area contributed by atoms with Crippen molar-refractivity contribution in [3.8, 4) is 22.6 Å². The van der Waals surface area contributed by atoms with E-state index in [-0.39, 0.29) is 16.5 Å². The molecule has 6 heteroatoms. The average molecular weight is 375 g/mol. The first kappa shape index (κ1) is 16.9. The number of hydrogen-bond donors (Lipinski definition) is 0. The lowest BCUT2D eigenvalue weighted by atomic mass is 9.96. The van der Waals surface area contributed by atoms with E-state index in [0.717, 1.165) is 28.0 Å². The summed E-state index contributed by atoms with van der Waals surface area (Å²) in [5.74, 6) is 1.22. The molecule has 0 N–H and O–H groups in total. The van der Waals surface area contributed by atoms with Gasteiger partial charge in [-0.2, -0.15) is 0 Å². The Balaban J connectivity index is 1.59. The lowest BCUT2D eigenvalue weighted by Gasteiger charge is -2.20. The number of benzene rings is 3. The molecule has 1 saturated heterocycles. The molecule has 0 amide bonds. The van der Waals surface area contributed by atoms with Crippen LogP contribution in [0.25, 0.3) is 11.1 Å². The minimum Gasteiger partial charge on any atom is -0.457 e. The van der Waals surface area contributed by atoms with Gasteiger partial charge in [0.05, 0.1) is 24.1 Å². The highest BCUT2D eigenvalue weighted by Gasteiger charge is 2.39. The number of non-ortho nitro benzene ring substituents is 1. The highest BCUT2D eigenvalue weighted by molar-refractivity contribution is 5.81. The summed E-state index contributed by atoms with van der Waals surface area (Å²) in [5, 5.41) is 11.3. The maximum Gasteiger partial charge on any atom is 0.269 e. The molecular formula is C22H17NO5. The van der Waals surface area contributed by atoms with Gasteiger partial charge in [0.1, 0.15) is 11.5 Å². The van der Waals surface area contributed by atoms with Gasteiger partial charge in [-0.25, -0.2) is 0 Å². The number of nitro groups is 1. The molecule has 2 aliphatic rings. The Morgan fingerprint density at radius 3 is 2.25 bits per heavy atom. The van der Waals surface area contributed by atoms with E-state index >= 15 is 0 Å². The standard InChI is InChI=1S/C22H17NO5/c24-23(25)14-6-8-17-18-9-7-16(28-15-4-2-1-3-5-15)13-20(18)21(19(17)12-14)22-26-10-11-27-22/h1-9,12-13,21-22H,10-11H2. The maximum absolute atomic E-state index is 11.3. The van der Waals surface area contributed by atoms with E-state index in [1.807, 2.05) is 48.5 Å². The first-order valence-corrected chi connectivity index (χ1v) is 9.09. The van der Waals surface area contributed by atoms with Gasteiger partial charge in [-0.15, -0.1) is 0 Å². The molecule has 28 heavy (non-hydrogen) atoms. The van der Waals surface area contributed by atoms with Gasteiger partial charge in [0, 0.05) is 12.1 Å². The second kappa shape index (κ2) is 6.74. The normalized spacial score (nSPS) is 17.9. The van der Waals surface area contributed by atoms with Crippen LogP contribution < -0.4 is 4.74 Å². The monoisotopic (exact) mass is 375 g/mol. The van der Waals surface area contributed by atoms with Crippen molar-refractivity contribution in [2.75, 3.05) is 13.2 Å². The lowest BCUT2D eigenvalue weighted by Crippen LogP contribution is -2.19. The SMILES string of the molecule is O=[N+]([O-])c1ccc2c(c1)C(C1OCCO1)c1cc(Oc3ccccc3)ccc1-2.